The summed E-state index contributed by atoms with van der Waals surface area (Å²) >= 11 is 0. The van der Waals surface area contributed by atoms with E-state index in [2.05, 4.69) is 0 Å². The Kier molecular flexibility index (Phi) is 4.07. The van der Waals surface area contributed by atoms with Gasteiger partial charge in [-0.1, -0.05) is 24.3 Å². The van der Waals surface area contributed by atoms with E-state index >= 15 is 0 Å². The number of carbonyl (C=O) groups is 2. The van der Waals surface area contributed by atoms with E-state index in [1.807, 2.05) is 5.43 Å². The zero-order valence-electron chi connectivity index (χ0n) is 10.8. The summed E-state index contributed by atoms with van der Waals surface area (Å²) in [6.45, 7) is 0. The monoisotopic (exact) mass is 291 g/mol. The molecular weight excluding hydrogens is 278 g/mol. The van der Waals surface area contributed by atoms with E-state index in [0.717, 1.165) is 0 Å². The lowest BCUT2D eigenvalue weighted by Crippen LogP contribution is -2.34. The number of nitrogens with two attached hydrogens (primary N) is 3. The number of nitrogen functional groups attached to an aromatic ring is 1. The van der Waals surface area contributed by atoms with Crippen LogP contribution in [-0.4, -0.2) is 12.2 Å². The number of nitrogens with one attached hydrogen (secondary N) is 2. The van der Waals surface area contributed by atoms with Gasteiger partial charge in [-0.3, -0.25) is 10.9 Å². The van der Waals surface area contributed by atoms with Crippen LogP contribution in [0.1, 0.15) is 0 Å². The first kappa shape index (κ1) is 14.4. The first-order chi connectivity index (χ1) is 10.1. The van der Waals surface area contributed by atoms with Crippen LogP contribution in [-0.2, 0) is 0 Å². The molecule has 21 heavy (non-hydrogen) atoms. The van der Waals surface area contributed by atoms with Crippen molar-refractivity contribution in [3.63, 3.8) is 0 Å². The molecule has 0 aliphatic heterocycles. The Hall–Kier alpha value is -3.04. The second-order valence-corrected chi connectivity index (χ2v) is 3.91. The van der Waals surface area contributed by atoms with Gasteiger partial charge in [0.2, 0.25) is 0 Å². The number of hydrazine groups is 2. The highest BCUT2D eigenvalue weighted by molar-refractivity contribution is 5.97. The zero-order chi connectivity index (χ0) is 15.4. The Labute approximate surface area is 118 Å². The van der Waals surface area contributed by atoms with Gasteiger partial charge in [0.05, 0.1) is 5.69 Å². The summed E-state index contributed by atoms with van der Waals surface area (Å²) in [5.41, 5.74) is 9.51. The Balaban J connectivity index is 2.63. The van der Waals surface area contributed by atoms with Gasteiger partial charge in [0, 0.05) is 5.39 Å². The van der Waals surface area contributed by atoms with Crippen molar-refractivity contribution in [3.8, 4) is 11.5 Å². The standard InChI is InChI=1S/C12H13N5O4/c13-8-5-6-3-1-2-4-7(6)9(20-11(18)16-14)10(8)21-12(19)17-15/h1-5H,13-15H2,(H,16,18)(H,17,19). The predicted octanol–water partition coefficient (Wildman–Crippen LogP) is 0.346. The second kappa shape index (κ2) is 5.94. The number of rotatable bonds is 2. The SMILES string of the molecule is NNC(=O)Oc1c(N)cc2ccccc2c1OC(=O)NN. The van der Waals surface area contributed by atoms with Crippen LogP contribution in [0.15, 0.2) is 30.3 Å². The first-order valence-electron chi connectivity index (χ1n) is 5.75. The molecule has 2 amide bonds. The molecule has 0 atom stereocenters. The van der Waals surface area contributed by atoms with Crippen LogP contribution < -0.4 is 37.7 Å². The maximum atomic E-state index is 11.4. The fourth-order valence-corrected chi connectivity index (χ4v) is 1.77. The summed E-state index contributed by atoms with van der Waals surface area (Å²) in [5, 5.41) is 1.20. The lowest BCUT2D eigenvalue weighted by molar-refractivity contribution is 0.191. The van der Waals surface area contributed by atoms with Crippen molar-refractivity contribution in [1.82, 2.24) is 10.9 Å². The van der Waals surface area contributed by atoms with Crippen molar-refractivity contribution in [2.45, 2.75) is 0 Å². The minimum atomic E-state index is -0.963. The van der Waals surface area contributed by atoms with Crippen LogP contribution in [0, 0.1) is 0 Å². The van der Waals surface area contributed by atoms with Crippen molar-refractivity contribution in [2.75, 3.05) is 5.73 Å². The van der Waals surface area contributed by atoms with Gasteiger partial charge in [-0.25, -0.2) is 21.3 Å². The molecule has 0 radical (unpaired) electrons. The Morgan fingerprint density at radius 1 is 0.952 bits per heavy atom. The van der Waals surface area contributed by atoms with Crippen LogP contribution in [0.5, 0.6) is 11.5 Å². The van der Waals surface area contributed by atoms with Gasteiger partial charge in [-0.2, -0.15) is 0 Å². The third-order valence-electron chi connectivity index (χ3n) is 2.61. The molecule has 0 saturated heterocycles. The van der Waals surface area contributed by atoms with Crippen LogP contribution >= 0.6 is 0 Å². The molecular formula is C12H13N5O4. The highest BCUT2D eigenvalue weighted by Gasteiger charge is 2.19. The number of fused-ring (bicyclic) bond motifs is 1. The third-order valence-corrected chi connectivity index (χ3v) is 2.61. The average molecular weight is 291 g/mol. The summed E-state index contributed by atoms with van der Waals surface area (Å²) in [7, 11) is 0. The van der Waals surface area contributed by atoms with Gasteiger partial charge in [0.15, 0.2) is 11.5 Å². The van der Waals surface area contributed by atoms with E-state index in [-0.39, 0.29) is 17.2 Å². The largest absolute Gasteiger partial charge is 0.427 e. The quantitative estimate of drug-likeness (QED) is 0.231. The van der Waals surface area contributed by atoms with Crippen molar-refractivity contribution in [1.29, 1.82) is 0 Å². The molecule has 0 aromatic heterocycles. The molecule has 9 heteroatoms. The zero-order valence-corrected chi connectivity index (χ0v) is 10.8. The van der Waals surface area contributed by atoms with Gasteiger partial charge in [0.25, 0.3) is 0 Å². The fourth-order valence-electron chi connectivity index (χ4n) is 1.77. The van der Waals surface area contributed by atoms with Crippen molar-refractivity contribution in [2.24, 2.45) is 11.7 Å². The van der Waals surface area contributed by atoms with Crippen molar-refractivity contribution < 1.29 is 19.1 Å². The number of hydrogen-bond acceptors (Lipinski definition) is 7. The van der Waals surface area contributed by atoms with E-state index in [1.165, 1.54) is 0 Å². The average Bonchev–Trinajstić information content (AvgIpc) is 2.50. The molecule has 0 bridgehead atoms. The molecule has 0 aliphatic rings. The molecule has 2 rings (SSSR count). The van der Waals surface area contributed by atoms with Gasteiger partial charge in [-0.05, 0) is 11.5 Å². The van der Waals surface area contributed by atoms with Crippen LogP contribution in [0.3, 0.4) is 0 Å². The maximum Gasteiger partial charge on any atom is 0.427 e. The highest BCUT2D eigenvalue weighted by Crippen LogP contribution is 2.40. The number of carbonyl (C=O) groups excluding carboxylic acids is 2. The molecule has 0 saturated carbocycles. The molecule has 2 aromatic carbocycles. The number of benzene rings is 2. The lowest BCUT2D eigenvalue weighted by atomic mass is 10.1. The highest BCUT2D eigenvalue weighted by atomic mass is 16.6. The molecule has 8 N–H and O–H groups in total. The maximum absolute atomic E-state index is 11.4. The van der Waals surface area contributed by atoms with Gasteiger partial charge >= 0.3 is 12.2 Å². The summed E-state index contributed by atoms with van der Waals surface area (Å²) in [6, 6.07) is 8.49. The smallest absolute Gasteiger partial charge is 0.405 e. The summed E-state index contributed by atoms with van der Waals surface area (Å²) in [6.07, 6.45) is -1.90. The minimum absolute atomic E-state index is 0.0443. The van der Waals surface area contributed by atoms with Crippen molar-refractivity contribution >= 4 is 28.6 Å². The van der Waals surface area contributed by atoms with Gasteiger partial charge in [-0.15, -0.1) is 0 Å². The van der Waals surface area contributed by atoms with Gasteiger partial charge in [0.1, 0.15) is 0 Å². The normalized spacial score (nSPS) is 10.0. The molecule has 110 valence electrons. The number of amides is 2. The molecule has 9 nitrogen and oxygen atoms in total. The van der Waals surface area contributed by atoms with E-state index in [4.69, 9.17) is 26.9 Å². The van der Waals surface area contributed by atoms with E-state index < -0.39 is 12.2 Å². The van der Waals surface area contributed by atoms with Crippen molar-refractivity contribution in [3.05, 3.63) is 30.3 Å². The molecule has 0 spiro atoms. The number of ether oxygens (including phenoxy) is 2. The summed E-state index contributed by atoms with van der Waals surface area (Å²) in [5.74, 6) is 9.76. The Morgan fingerprint density at radius 2 is 1.52 bits per heavy atom. The van der Waals surface area contributed by atoms with Gasteiger partial charge < -0.3 is 15.2 Å². The molecule has 0 heterocycles. The third kappa shape index (κ3) is 2.94. The van der Waals surface area contributed by atoms with E-state index in [9.17, 15) is 9.59 Å². The first-order valence-corrected chi connectivity index (χ1v) is 5.75. The van der Waals surface area contributed by atoms with E-state index in [0.29, 0.717) is 10.8 Å². The summed E-state index contributed by atoms with van der Waals surface area (Å²) in [4.78, 5) is 22.6. The number of anilines is 1. The predicted molar refractivity (Wildman–Crippen MR) is 75.1 cm³/mol. The molecule has 0 unspecified atom stereocenters. The second-order valence-electron chi connectivity index (χ2n) is 3.91. The lowest BCUT2D eigenvalue weighted by Gasteiger charge is -2.14. The van der Waals surface area contributed by atoms with E-state index in [1.54, 1.807) is 35.8 Å². The molecule has 0 aliphatic carbocycles. The number of hydrogen-bond donors (Lipinski definition) is 5. The topological polar surface area (TPSA) is 155 Å². The van der Waals surface area contributed by atoms with Crippen LogP contribution in [0.25, 0.3) is 10.8 Å². The minimum Gasteiger partial charge on any atom is -0.405 e. The Bertz CT molecular complexity index is 703. The Morgan fingerprint density at radius 3 is 2.14 bits per heavy atom. The summed E-state index contributed by atoms with van der Waals surface area (Å²) < 4.78 is 9.97. The van der Waals surface area contributed by atoms with Crippen LogP contribution in [0.2, 0.25) is 0 Å². The fraction of sp³-hybridized carbons (Fsp3) is 0. The molecule has 2 aromatic rings. The molecule has 0 fully saturated rings. The van der Waals surface area contributed by atoms with Crippen LogP contribution in [0.4, 0.5) is 15.3 Å².